The zero-order valence-electron chi connectivity index (χ0n) is 12.0. The second-order valence-corrected chi connectivity index (χ2v) is 4.96. The summed E-state index contributed by atoms with van der Waals surface area (Å²) in [4.78, 5) is 12.2. The second kappa shape index (κ2) is 5.73. The Morgan fingerprint density at radius 3 is 2.68 bits per heavy atom. The van der Waals surface area contributed by atoms with Crippen LogP contribution < -0.4 is 5.32 Å². The zero-order chi connectivity index (χ0) is 15.5. The van der Waals surface area contributed by atoms with E-state index in [1.165, 1.54) is 0 Å². The van der Waals surface area contributed by atoms with Gasteiger partial charge in [-0.05, 0) is 42.8 Å². The number of nitrogens with zero attached hydrogens (tertiary/aromatic N) is 2. The summed E-state index contributed by atoms with van der Waals surface area (Å²) in [6.45, 7) is 1.89. The molecule has 5 nitrogen and oxygen atoms in total. The van der Waals surface area contributed by atoms with Crippen LogP contribution in [0.5, 0.6) is 5.75 Å². The van der Waals surface area contributed by atoms with Crippen LogP contribution in [0.4, 0.5) is 5.69 Å². The number of hydrogen-bond acceptors (Lipinski definition) is 3. The van der Waals surface area contributed by atoms with E-state index in [1.54, 1.807) is 35.1 Å². The van der Waals surface area contributed by atoms with E-state index in [-0.39, 0.29) is 17.4 Å². The first-order chi connectivity index (χ1) is 10.6. The highest BCUT2D eigenvalue weighted by atomic mass is 16.3. The SMILES string of the molecule is Cc1ccc(O)c(NC(=O)c2ccn(-c3ccccc3)n2)c1. The third-order valence-corrected chi connectivity index (χ3v) is 3.24. The fraction of sp³-hybridized carbons (Fsp3) is 0.0588. The first-order valence-corrected chi connectivity index (χ1v) is 6.85. The summed E-state index contributed by atoms with van der Waals surface area (Å²) in [7, 11) is 0. The molecule has 1 heterocycles. The molecule has 5 heteroatoms. The molecule has 0 fully saturated rings. The third-order valence-electron chi connectivity index (χ3n) is 3.24. The van der Waals surface area contributed by atoms with Crippen molar-refractivity contribution in [1.82, 2.24) is 9.78 Å². The molecule has 1 amide bonds. The van der Waals surface area contributed by atoms with E-state index in [0.717, 1.165) is 11.3 Å². The Kier molecular flexibility index (Phi) is 3.62. The van der Waals surface area contributed by atoms with Crippen LogP contribution in [0.15, 0.2) is 60.8 Å². The van der Waals surface area contributed by atoms with Crippen molar-refractivity contribution in [2.45, 2.75) is 6.92 Å². The van der Waals surface area contributed by atoms with Crippen molar-refractivity contribution in [1.29, 1.82) is 0 Å². The molecule has 0 radical (unpaired) electrons. The first-order valence-electron chi connectivity index (χ1n) is 6.85. The number of phenols is 1. The summed E-state index contributed by atoms with van der Waals surface area (Å²) in [6, 6.07) is 16.2. The lowest BCUT2D eigenvalue weighted by atomic mass is 10.2. The maximum Gasteiger partial charge on any atom is 0.276 e. The number of aromatic nitrogens is 2. The van der Waals surface area contributed by atoms with E-state index in [2.05, 4.69) is 10.4 Å². The van der Waals surface area contributed by atoms with Crippen LogP contribution in [-0.4, -0.2) is 20.8 Å². The van der Waals surface area contributed by atoms with Gasteiger partial charge in [-0.25, -0.2) is 4.68 Å². The molecule has 22 heavy (non-hydrogen) atoms. The molecule has 0 aliphatic heterocycles. The van der Waals surface area contributed by atoms with Crippen LogP contribution in [0.1, 0.15) is 16.1 Å². The summed E-state index contributed by atoms with van der Waals surface area (Å²) in [5.74, 6) is -0.336. The quantitative estimate of drug-likeness (QED) is 0.729. The number of amides is 1. The summed E-state index contributed by atoms with van der Waals surface area (Å²) in [5.41, 5.74) is 2.48. The fourth-order valence-electron chi connectivity index (χ4n) is 2.11. The van der Waals surface area contributed by atoms with Crippen molar-refractivity contribution in [2.24, 2.45) is 0 Å². The highest BCUT2D eigenvalue weighted by Gasteiger charge is 2.12. The number of anilines is 1. The van der Waals surface area contributed by atoms with Gasteiger partial charge in [0.2, 0.25) is 0 Å². The van der Waals surface area contributed by atoms with Crippen molar-refractivity contribution in [2.75, 3.05) is 5.32 Å². The number of carbonyl (C=O) groups is 1. The van der Waals surface area contributed by atoms with Crippen molar-refractivity contribution >= 4 is 11.6 Å². The van der Waals surface area contributed by atoms with Crippen LogP contribution in [0, 0.1) is 6.92 Å². The Balaban J connectivity index is 1.81. The monoisotopic (exact) mass is 293 g/mol. The molecule has 0 bridgehead atoms. The minimum Gasteiger partial charge on any atom is -0.506 e. The molecule has 110 valence electrons. The highest BCUT2D eigenvalue weighted by Crippen LogP contribution is 2.24. The van der Waals surface area contributed by atoms with Gasteiger partial charge in [-0.1, -0.05) is 24.3 Å². The van der Waals surface area contributed by atoms with Crippen LogP contribution >= 0.6 is 0 Å². The standard InChI is InChI=1S/C17H15N3O2/c1-12-7-8-16(21)15(11-12)18-17(22)14-9-10-20(19-14)13-5-3-2-4-6-13/h2-11,21H,1H3,(H,18,22). The lowest BCUT2D eigenvalue weighted by molar-refractivity contribution is 0.102. The van der Waals surface area contributed by atoms with E-state index in [4.69, 9.17) is 0 Å². The number of rotatable bonds is 3. The maximum absolute atomic E-state index is 12.2. The van der Waals surface area contributed by atoms with E-state index in [9.17, 15) is 9.90 Å². The Bertz CT molecular complexity index is 810. The predicted octanol–water partition coefficient (Wildman–Crippen LogP) is 3.14. The van der Waals surface area contributed by atoms with Gasteiger partial charge < -0.3 is 10.4 Å². The number of carbonyl (C=O) groups excluding carboxylic acids is 1. The average molecular weight is 293 g/mol. The second-order valence-electron chi connectivity index (χ2n) is 4.96. The average Bonchev–Trinajstić information content (AvgIpc) is 3.02. The maximum atomic E-state index is 12.2. The summed E-state index contributed by atoms with van der Waals surface area (Å²) >= 11 is 0. The van der Waals surface area contributed by atoms with Crippen molar-refractivity contribution in [3.05, 3.63) is 72.1 Å². The fourth-order valence-corrected chi connectivity index (χ4v) is 2.11. The minimum atomic E-state index is -0.365. The van der Waals surface area contributed by atoms with Gasteiger partial charge in [-0.3, -0.25) is 4.79 Å². The molecule has 3 rings (SSSR count). The molecular weight excluding hydrogens is 278 g/mol. The molecule has 0 aliphatic carbocycles. The van der Waals surface area contributed by atoms with Crippen molar-refractivity contribution < 1.29 is 9.90 Å². The van der Waals surface area contributed by atoms with Crippen molar-refractivity contribution in [3.8, 4) is 11.4 Å². The molecule has 2 aromatic carbocycles. The van der Waals surface area contributed by atoms with Gasteiger partial charge in [-0.2, -0.15) is 5.10 Å². The Labute approximate surface area is 127 Å². The van der Waals surface area contributed by atoms with Crippen LogP contribution in [0.3, 0.4) is 0 Å². The molecule has 0 unspecified atom stereocenters. The molecule has 2 N–H and O–H groups in total. The van der Waals surface area contributed by atoms with Gasteiger partial charge in [0.25, 0.3) is 5.91 Å². The predicted molar refractivity (Wildman–Crippen MR) is 84.4 cm³/mol. The lowest BCUT2D eigenvalue weighted by Crippen LogP contribution is -2.13. The van der Waals surface area contributed by atoms with Crippen LogP contribution in [-0.2, 0) is 0 Å². The largest absolute Gasteiger partial charge is 0.506 e. The summed E-state index contributed by atoms with van der Waals surface area (Å²) < 4.78 is 1.63. The topological polar surface area (TPSA) is 67.2 Å². The molecule has 0 saturated heterocycles. The number of aromatic hydroxyl groups is 1. The van der Waals surface area contributed by atoms with Crippen LogP contribution in [0.25, 0.3) is 5.69 Å². The van der Waals surface area contributed by atoms with Gasteiger partial charge in [0.15, 0.2) is 5.69 Å². The van der Waals surface area contributed by atoms with E-state index >= 15 is 0 Å². The van der Waals surface area contributed by atoms with E-state index < -0.39 is 0 Å². The van der Waals surface area contributed by atoms with Gasteiger partial charge >= 0.3 is 0 Å². The van der Waals surface area contributed by atoms with Gasteiger partial charge in [0, 0.05) is 6.20 Å². The van der Waals surface area contributed by atoms with Gasteiger partial charge in [0.1, 0.15) is 5.75 Å². The molecule has 0 saturated carbocycles. The summed E-state index contributed by atoms with van der Waals surface area (Å²) in [5, 5.41) is 16.7. The van der Waals surface area contributed by atoms with Gasteiger partial charge in [0.05, 0.1) is 11.4 Å². The van der Waals surface area contributed by atoms with E-state index in [0.29, 0.717) is 5.69 Å². The van der Waals surface area contributed by atoms with Crippen LogP contribution in [0.2, 0.25) is 0 Å². The first kappa shape index (κ1) is 13.9. The normalized spacial score (nSPS) is 10.4. The highest BCUT2D eigenvalue weighted by molar-refractivity contribution is 6.03. The minimum absolute atomic E-state index is 0.0291. The Morgan fingerprint density at radius 1 is 1.14 bits per heavy atom. The molecule has 3 aromatic rings. The van der Waals surface area contributed by atoms with E-state index in [1.807, 2.05) is 37.3 Å². The Hall–Kier alpha value is -3.08. The number of aryl methyl sites for hydroxylation is 1. The number of nitrogens with one attached hydrogen (secondary N) is 1. The molecular formula is C17H15N3O2. The van der Waals surface area contributed by atoms with Crippen molar-refractivity contribution in [3.63, 3.8) is 0 Å². The molecule has 0 atom stereocenters. The third kappa shape index (κ3) is 2.83. The van der Waals surface area contributed by atoms with Gasteiger partial charge in [-0.15, -0.1) is 0 Å². The lowest BCUT2D eigenvalue weighted by Gasteiger charge is -2.06. The number of phenolic OH excluding ortho intramolecular Hbond substituents is 1. The number of benzene rings is 2. The Morgan fingerprint density at radius 2 is 1.91 bits per heavy atom. The smallest absolute Gasteiger partial charge is 0.276 e. The zero-order valence-corrected chi connectivity index (χ0v) is 12.0. The molecule has 1 aromatic heterocycles. The number of para-hydroxylation sites is 1. The molecule has 0 spiro atoms. The summed E-state index contributed by atoms with van der Waals surface area (Å²) in [6.07, 6.45) is 1.72. The number of hydrogen-bond donors (Lipinski definition) is 2. The molecule has 0 aliphatic rings.